The molecular formula is C17H20BrN3O4. The lowest BCUT2D eigenvalue weighted by atomic mass is 10.1. The van der Waals surface area contributed by atoms with E-state index in [2.05, 4.69) is 31.4 Å². The Bertz CT molecular complexity index is 730. The van der Waals surface area contributed by atoms with Crippen LogP contribution in [0, 0.1) is 5.92 Å². The van der Waals surface area contributed by atoms with Gasteiger partial charge in [-0.3, -0.25) is 9.59 Å². The molecule has 1 heterocycles. The fraction of sp³-hybridized carbons (Fsp3) is 0.412. The molecule has 0 saturated heterocycles. The summed E-state index contributed by atoms with van der Waals surface area (Å²) in [6, 6.07) is 7.45. The zero-order valence-electron chi connectivity index (χ0n) is 14.1. The average molecular weight is 410 g/mol. The second-order valence-electron chi connectivity index (χ2n) is 5.89. The lowest BCUT2D eigenvalue weighted by Crippen LogP contribution is -2.30. The molecule has 2 aromatic rings. The van der Waals surface area contributed by atoms with Crippen molar-refractivity contribution in [3.63, 3.8) is 0 Å². The number of benzene rings is 1. The molecule has 0 radical (unpaired) electrons. The standard InChI is InChI=1S/C17H20BrN3O4/c1-11(2)6-7-14(22)19-9-16(23)24-10-15-20-17(21-25-15)12-4-3-5-13(18)8-12/h3-5,8,11H,6-7,9-10H2,1-2H3,(H,19,22). The molecule has 0 aliphatic carbocycles. The first-order valence-corrected chi connectivity index (χ1v) is 8.74. The zero-order valence-corrected chi connectivity index (χ0v) is 15.7. The number of amides is 1. The Hall–Kier alpha value is -2.22. The smallest absolute Gasteiger partial charge is 0.325 e. The highest BCUT2D eigenvalue weighted by molar-refractivity contribution is 9.10. The van der Waals surface area contributed by atoms with E-state index >= 15 is 0 Å². The van der Waals surface area contributed by atoms with Crippen LogP contribution < -0.4 is 5.32 Å². The molecule has 134 valence electrons. The highest BCUT2D eigenvalue weighted by atomic mass is 79.9. The van der Waals surface area contributed by atoms with Gasteiger partial charge in [-0.2, -0.15) is 4.98 Å². The molecule has 8 heteroatoms. The van der Waals surface area contributed by atoms with Crippen LogP contribution in [-0.4, -0.2) is 28.6 Å². The van der Waals surface area contributed by atoms with Gasteiger partial charge in [0, 0.05) is 16.5 Å². The first-order chi connectivity index (χ1) is 11.9. The fourth-order valence-electron chi connectivity index (χ4n) is 1.93. The molecule has 0 bridgehead atoms. The normalized spacial score (nSPS) is 10.7. The number of hydrogen-bond acceptors (Lipinski definition) is 6. The van der Waals surface area contributed by atoms with Gasteiger partial charge in [0.15, 0.2) is 6.61 Å². The number of nitrogens with zero attached hydrogens (tertiary/aromatic N) is 2. The Balaban J connectivity index is 1.76. The molecule has 0 spiro atoms. The summed E-state index contributed by atoms with van der Waals surface area (Å²) in [5, 5.41) is 6.38. The maximum Gasteiger partial charge on any atom is 0.325 e. The van der Waals surface area contributed by atoms with Crippen LogP contribution in [0.3, 0.4) is 0 Å². The minimum absolute atomic E-state index is 0.137. The molecule has 0 fully saturated rings. The van der Waals surface area contributed by atoms with Gasteiger partial charge in [-0.15, -0.1) is 0 Å². The van der Waals surface area contributed by atoms with Crippen LogP contribution in [0.25, 0.3) is 11.4 Å². The number of nitrogens with one attached hydrogen (secondary N) is 1. The van der Waals surface area contributed by atoms with E-state index in [1.165, 1.54) is 0 Å². The van der Waals surface area contributed by atoms with Crippen LogP contribution in [0.2, 0.25) is 0 Å². The van der Waals surface area contributed by atoms with Gasteiger partial charge in [-0.1, -0.05) is 47.1 Å². The monoisotopic (exact) mass is 409 g/mol. The molecule has 2 rings (SSSR count). The van der Waals surface area contributed by atoms with E-state index in [9.17, 15) is 9.59 Å². The van der Waals surface area contributed by atoms with Gasteiger partial charge in [0.1, 0.15) is 6.54 Å². The second-order valence-corrected chi connectivity index (χ2v) is 6.81. The Morgan fingerprint density at radius 1 is 1.36 bits per heavy atom. The van der Waals surface area contributed by atoms with E-state index in [0.29, 0.717) is 18.2 Å². The summed E-state index contributed by atoms with van der Waals surface area (Å²) in [6.07, 6.45) is 1.17. The Kier molecular flexibility index (Phi) is 7.12. The van der Waals surface area contributed by atoms with Crippen molar-refractivity contribution in [1.29, 1.82) is 0 Å². The quantitative estimate of drug-likeness (QED) is 0.673. The molecule has 0 saturated carbocycles. The van der Waals surface area contributed by atoms with Gasteiger partial charge in [0.05, 0.1) is 0 Å². The van der Waals surface area contributed by atoms with Gasteiger partial charge in [-0.05, 0) is 24.5 Å². The lowest BCUT2D eigenvalue weighted by Gasteiger charge is -2.06. The van der Waals surface area contributed by atoms with E-state index < -0.39 is 5.97 Å². The molecule has 1 aromatic carbocycles. The van der Waals surface area contributed by atoms with E-state index in [-0.39, 0.29) is 24.9 Å². The number of esters is 1. The number of rotatable bonds is 8. The molecule has 1 amide bonds. The van der Waals surface area contributed by atoms with Gasteiger partial charge in [0.2, 0.25) is 11.7 Å². The van der Waals surface area contributed by atoms with Crippen LogP contribution in [0.5, 0.6) is 0 Å². The summed E-state index contributed by atoms with van der Waals surface area (Å²) in [5.41, 5.74) is 0.785. The topological polar surface area (TPSA) is 94.3 Å². The van der Waals surface area contributed by atoms with Crippen molar-refractivity contribution >= 4 is 27.8 Å². The summed E-state index contributed by atoms with van der Waals surface area (Å²) >= 11 is 3.37. The predicted molar refractivity (Wildman–Crippen MR) is 94.3 cm³/mol. The molecule has 1 aromatic heterocycles. The number of aromatic nitrogens is 2. The number of ether oxygens (including phenoxy) is 1. The van der Waals surface area contributed by atoms with Crippen molar-refractivity contribution in [2.24, 2.45) is 5.92 Å². The van der Waals surface area contributed by atoms with Crippen molar-refractivity contribution in [2.75, 3.05) is 6.54 Å². The number of hydrogen-bond donors (Lipinski definition) is 1. The van der Waals surface area contributed by atoms with Crippen molar-refractivity contribution < 1.29 is 18.8 Å². The number of carbonyl (C=O) groups excluding carboxylic acids is 2. The molecule has 0 aliphatic rings. The van der Waals surface area contributed by atoms with E-state index in [0.717, 1.165) is 16.5 Å². The van der Waals surface area contributed by atoms with Gasteiger partial charge in [-0.25, -0.2) is 0 Å². The Labute approximate surface area is 154 Å². The third-order valence-electron chi connectivity index (χ3n) is 3.29. The van der Waals surface area contributed by atoms with Crippen molar-refractivity contribution in [1.82, 2.24) is 15.5 Å². The molecular weight excluding hydrogens is 390 g/mol. The summed E-state index contributed by atoms with van der Waals surface area (Å²) in [6.45, 7) is 3.76. The number of carbonyl (C=O) groups is 2. The number of halogens is 1. The minimum Gasteiger partial charge on any atom is -0.454 e. The van der Waals surface area contributed by atoms with Crippen LogP contribution in [0.15, 0.2) is 33.3 Å². The van der Waals surface area contributed by atoms with E-state index in [1.807, 2.05) is 38.1 Å². The third-order valence-corrected chi connectivity index (χ3v) is 3.78. The highest BCUT2D eigenvalue weighted by Gasteiger charge is 2.12. The summed E-state index contributed by atoms with van der Waals surface area (Å²) in [5.74, 6) is 0.318. The highest BCUT2D eigenvalue weighted by Crippen LogP contribution is 2.20. The van der Waals surface area contributed by atoms with Crippen LogP contribution in [0.4, 0.5) is 0 Å². The van der Waals surface area contributed by atoms with E-state index in [4.69, 9.17) is 9.26 Å². The molecule has 1 N–H and O–H groups in total. The van der Waals surface area contributed by atoms with Gasteiger partial charge >= 0.3 is 5.97 Å². The van der Waals surface area contributed by atoms with Crippen molar-refractivity contribution in [3.05, 3.63) is 34.6 Å². The minimum atomic E-state index is -0.555. The predicted octanol–water partition coefficient (Wildman–Crippen LogP) is 3.09. The van der Waals surface area contributed by atoms with Crippen LogP contribution >= 0.6 is 15.9 Å². The molecule has 7 nitrogen and oxygen atoms in total. The zero-order chi connectivity index (χ0) is 18.2. The molecule has 25 heavy (non-hydrogen) atoms. The van der Waals surface area contributed by atoms with Gasteiger partial charge in [0.25, 0.3) is 5.89 Å². The second kappa shape index (κ2) is 9.31. The lowest BCUT2D eigenvalue weighted by molar-refractivity contribution is -0.145. The summed E-state index contributed by atoms with van der Waals surface area (Å²) < 4.78 is 11.0. The summed E-state index contributed by atoms with van der Waals surface area (Å²) in [7, 11) is 0. The van der Waals surface area contributed by atoms with Gasteiger partial charge < -0.3 is 14.6 Å². The third kappa shape index (κ3) is 6.66. The van der Waals surface area contributed by atoms with Crippen LogP contribution in [0.1, 0.15) is 32.6 Å². The maximum absolute atomic E-state index is 11.6. The molecule has 0 atom stereocenters. The fourth-order valence-corrected chi connectivity index (χ4v) is 2.33. The van der Waals surface area contributed by atoms with Crippen molar-refractivity contribution in [3.8, 4) is 11.4 Å². The molecule has 0 aliphatic heterocycles. The average Bonchev–Trinajstić information content (AvgIpc) is 3.05. The first kappa shape index (κ1) is 19.1. The first-order valence-electron chi connectivity index (χ1n) is 7.95. The summed E-state index contributed by atoms with van der Waals surface area (Å²) in [4.78, 5) is 27.4. The molecule has 0 unspecified atom stereocenters. The Morgan fingerprint density at radius 3 is 2.88 bits per heavy atom. The van der Waals surface area contributed by atoms with E-state index in [1.54, 1.807) is 0 Å². The van der Waals surface area contributed by atoms with Crippen LogP contribution in [-0.2, 0) is 20.9 Å². The SMILES string of the molecule is CC(C)CCC(=O)NCC(=O)OCc1nc(-c2cccc(Br)c2)no1. The Morgan fingerprint density at radius 2 is 2.16 bits per heavy atom. The van der Waals surface area contributed by atoms with Crippen molar-refractivity contribution in [2.45, 2.75) is 33.3 Å². The maximum atomic E-state index is 11.6. The largest absolute Gasteiger partial charge is 0.454 e.